The molecular formula is C7H10N2. The maximum atomic E-state index is 4.24. The van der Waals surface area contributed by atoms with Crippen molar-refractivity contribution in [3.63, 3.8) is 0 Å². The Kier molecular flexibility index (Phi) is 0.891. The van der Waals surface area contributed by atoms with Gasteiger partial charge in [-0.05, 0) is 12.8 Å². The predicted octanol–water partition coefficient (Wildman–Crippen LogP) is 1.30. The van der Waals surface area contributed by atoms with Gasteiger partial charge in [0.15, 0.2) is 0 Å². The van der Waals surface area contributed by atoms with Crippen LogP contribution < -0.4 is 0 Å². The summed E-state index contributed by atoms with van der Waals surface area (Å²) in [7, 11) is 2.01. The van der Waals surface area contributed by atoms with Crippen LogP contribution in [0.4, 0.5) is 0 Å². The lowest BCUT2D eigenvalue weighted by Crippen LogP contribution is -1.78. The van der Waals surface area contributed by atoms with Crippen molar-refractivity contribution < 1.29 is 0 Å². The Morgan fingerprint density at radius 2 is 2.44 bits per heavy atom. The second-order valence-corrected chi connectivity index (χ2v) is 2.74. The molecule has 0 aliphatic heterocycles. The number of hydrogen-bond acceptors (Lipinski definition) is 1. The van der Waals surface area contributed by atoms with Gasteiger partial charge in [-0.1, -0.05) is 0 Å². The van der Waals surface area contributed by atoms with Crippen LogP contribution in [-0.4, -0.2) is 9.55 Å². The number of rotatable bonds is 1. The van der Waals surface area contributed by atoms with Gasteiger partial charge >= 0.3 is 0 Å². The molecule has 0 saturated heterocycles. The van der Waals surface area contributed by atoms with Gasteiger partial charge in [-0.2, -0.15) is 0 Å². The fourth-order valence-electron chi connectivity index (χ4n) is 1.02. The summed E-state index contributed by atoms with van der Waals surface area (Å²) in [6.45, 7) is 0. The summed E-state index contributed by atoms with van der Waals surface area (Å²) in [6.07, 6.45) is 6.67. The SMILES string of the molecule is Cn1cnc(C2CC2)c1. The minimum atomic E-state index is 0.797. The van der Waals surface area contributed by atoms with E-state index in [-0.39, 0.29) is 0 Å². The Hall–Kier alpha value is -0.790. The van der Waals surface area contributed by atoms with E-state index in [9.17, 15) is 0 Å². The molecule has 0 amide bonds. The van der Waals surface area contributed by atoms with E-state index in [1.165, 1.54) is 18.5 Å². The molecule has 2 nitrogen and oxygen atoms in total. The van der Waals surface area contributed by atoms with Crippen molar-refractivity contribution in [1.29, 1.82) is 0 Å². The molecule has 1 saturated carbocycles. The van der Waals surface area contributed by atoms with E-state index in [1.54, 1.807) is 0 Å². The Morgan fingerprint density at radius 3 is 2.89 bits per heavy atom. The molecule has 1 aromatic heterocycles. The molecule has 9 heavy (non-hydrogen) atoms. The minimum Gasteiger partial charge on any atom is -0.340 e. The highest BCUT2D eigenvalue weighted by atomic mass is 15.0. The van der Waals surface area contributed by atoms with E-state index >= 15 is 0 Å². The van der Waals surface area contributed by atoms with Crippen molar-refractivity contribution in [2.24, 2.45) is 7.05 Å². The maximum absolute atomic E-state index is 4.24. The van der Waals surface area contributed by atoms with Crippen LogP contribution in [-0.2, 0) is 7.05 Å². The molecule has 1 heterocycles. The summed E-state index contributed by atoms with van der Waals surface area (Å²) in [4.78, 5) is 4.24. The Morgan fingerprint density at radius 1 is 1.67 bits per heavy atom. The summed E-state index contributed by atoms with van der Waals surface area (Å²) in [6, 6.07) is 0. The molecule has 2 rings (SSSR count). The van der Waals surface area contributed by atoms with Crippen LogP contribution in [0, 0.1) is 0 Å². The van der Waals surface area contributed by atoms with Gasteiger partial charge in [0.1, 0.15) is 0 Å². The van der Waals surface area contributed by atoms with E-state index in [0.29, 0.717) is 0 Å². The smallest absolute Gasteiger partial charge is 0.0946 e. The van der Waals surface area contributed by atoms with Gasteiger partial charge in [-0.15, -0.1) is 0 Å². The zero-order valence-electron chi connectivity index (χ0n) is 5.54. The molecule has 48 valence electrons. The first-order valence-electron chi connectivity index (χ1n) is 3.34. The number of nitrogens with zero attached hydrogens (tertiary/aromatic N) is 2. The summed E-state index contributed by atoms with van der Waals surface area (Å²) in [5.74, 6) is 0.797. The van der Waals surface area contributed by atoms with Crippen LogP contribution in [0.25, 0.3) is 0 Å². The molecule has 0 radical (unpaired) electrons. The molecule has 0 atom stereocenters. The summed E-state index contributed by atoms with van der Waals surface area (Å²) in [5, 5.41) is 0. The number of imidazole rings is 1. The van der Waals surface area contributed by atoms with Gasteiger partial charge in [0.05, 0.1) is 12.0 Å². The third kappa shape index (κ3) is 0.846. The second-order valence-electron chi connectivity index (χ2n) is 2.74. The Balaban J connectivity index is 2.28. The average molecular weight is 122 g/mol. The first-order chi connectivity index (χ1) is 4.36. The van der Waals surface area contributed by atoms with E-state index in [4.69, 9.17) is 0 Å². The van der Waals surface area contributed by atoms with Crippen LogP contribution in [0.3, 0.4) is 0 Å². The van der Waals surface area contributed by atoms with Gasteiger partial charge in [0.2, 0.25) is 0 Å². The normalized spacial score (nSPS) is 18.3. The molecule has 1 aliphatic rings. The van der Waals surface area contributed by atoms with Crippen LogP contribution in [0.2, 0.25) is 0 Å². The van der Waals surface area contributed by atoms with E-state index in [0.717, 1.165) is 5.92 Å². The van der Waals surface area contributed by atoms with Gasteiger partial charge in [0.25, 0.3) is 0 Å². The maximum Gasteiger partial charge on any atom is 0.0946 e. The van der Waals surface area contributed by atoms with Gasteiger partial charge in [-0.3, -0.25) is 0 Å². The van der Waals surface area contributed by atoms with E-state index in [2.05, 4.69) is 11.2 Å². The highest BCUT2D eigenvalue weighted by molar-refractivity contribution is 5.10. The number of aromatic nitrogens is 2. The molecule has 0 spiro atoms. The summed E-state index contributed by atoms with van der Waals surface area (Å²) >= 11 is 0. The quantitative estimate of drug-likeness (QED) is 0.549. The second kappa shape index (κ2) is 1.59. The minimum absolute atomic E-state index is 0.797. The highest BCUT2D eigenvalue weighted by Gasteiger charge is 2.25. The van der Waals surface area contributed by atoms with Gasteiger partial charge in [-0.25, -0.2) is 4.98 Å². The van der Waals surface area contributed by atoms with E-state index in [1.807, 2.05) is 17.9 Å². The fourth-order valence-corrected chi connectivity index (χ4v) is 1.02. The zero-order valence-corrected chi connectivity index (χ0v) is 5.54. The lowest BCUT2D eigenvalue weighted by Gasteiger charge is -1.83. The molecule has 2 heteroatoms. The standard InChI is InChI=1S/C7H10N2/c1-9-4-7(8-5-9)6-2-3-6/h4-6H,2-3H2,1H3. The van der Waals surface area contributed by atoms with Gasteiger partial charge in [0, 0.05) is 19.2 Å². The topological polar surface area (TPSA) is 17.8 Å². The average Bonchev–Trinajstić information content (AvgIpc) is 2.58. The lowest BCUT2D eigenvalue weighted by atomic mass is 10.3. The molecule has 1 aliphatic carbocycles. The Labute approximate surface area is 54.5 Å². The molecule has 0 unspecified atom stereocenters. The summed E-state index contributed by atoms with van der Waals surface area (Å²) < 4.78 is 2.01. The van der Waals surface area contributed by atoms with Crippen molar-refractivity contribution in [3.05, 3.63) is 18.2 Å². The third-order valence-corrected chi connectivity index (χ3v) is 1.72. The monoisotopic (exact) mass is 122 g/mol. The van der Waals surface area contributed by atoms with Crippen molar-refractivity contribution in [1.82, 2.24) is 9.55 Å². The van der Waals surface area contributed by atoms with Crippen molar-refractivity contribution >= 4 is 0 Å². The molecule has 0 aromatic carbocycles. The molecule has 1 aromatic rings. The van der Waals surface area contributed by atoms with Crippen LogP contribution >= 0.6 is 0 Å². The zero-order chi connectivity index (χ0) is 6.27. The molecule has 1 fully saturated rings. The highest BCUT2D eigenvalue weighted by Crippen LogP contribution is 2.38. The predicted molar refractivity (Wildman–Crippen MR) is 35.2 cm³/mol. The lowest BCUT2D eigenvalue weighted by molar-refractivity contribution is 0.911. The largest absolute Gasteiger partial charge is 0.340 e. The van der Waals surface area contributed by atoms with E-state index < -0.39 is 0 Å². The molecular weight excluding hydrogens is 112 g/mol. The van der Waals surface area contributed by atoms with Crippen molar-refractivity contribution in [2.45, 2.75) is 18.8 Å². The number of hydrogen-bond donors (Lipinski definition) is 0. The first kappa shape index (κ1) is 5.03. The summed E-state index contributed by atoms with van der Waals surface area (Å²) in [5.41, 5.74) is 1.28. The first-order valence-corrected chi connectivity index (χ1v) is 3.34. The molecule has 0 N–H and O–H groups in total. The van der Waals surface area contributed by atoms with Crippen LogP contribution in [0.5, 0.6) is 0 Å². The third-order valence-electron chi connectivity index (χ3n) is 1.72. The Bertz CT molecular complexity index is 210. The fraction of sp³-hybridized carbons (Fsp3) is 0.571. The van der Waals surface area contributed by atoms with Crippen LogP contribution in [0.15, 0.2) is 12.5 Å². The van der Waals surface area contributed by atoms with Gasteiger partial charge < -0.3 is 4.57 Å². The molecule has 0 bridgehead atoms. The van der Waals surface area contributed by atoms with Crippen LogP contribution in [0.1, 0.15) is 24.5 Å². The van der Waals surface area contributed by atoms with Crippen molar-refractivity contribution in [3.8, 4) is 0 Å². The van der Waals surface area contributed by atoms with Crippen molar-refractivity contribution in [2.75, 3.05) is 0 Å². The number of aryl methyl sites for hydroxylation is 1.